The molecule has 2 aliphatic rings. The van der Waals surface area contributed by atoms with Crippen molar-refractivity contribution in [2.24, 2.45) is 21.8 Å². The highest BCUT2D eigenvalue weighted by molar-refractivity contribution is 6.07. The largest absolute Gasteiger partial charge is 0.421 e. The van der Waals surface area contributed by atoms with Crippen molar-refractivity contribution in [3.05, 3.63) is 60.3 Å². The Hall–Kier alpha value is -4.34. The van der Waals surface area contributed by atoms with Gasteiger partial charge in [0.2, 0.25) is 0 Å². The van der Waals surface area contributed by atoms with Gasteiger partial charge in [-0.05, 0) is 68.4 Å². The third-order valence-corrected chi connectivity index (χ3v) is 8.47. The third-order valence-electron chi connectivity index (χ3n) is 8.47. The molecule has 1 aromatic carbocycles. The highest BCUT2D eigenvalue weighted by Crippen LogP contribution is 2.34. The van der Waals surface area contributed by atoms with Gasteiger partial charge in [-0.15, -0.1) is 0 Å². The summed E-state index contributed by atoms with van der Waals surface area (Å²) >= 11 is 0. The topological polar surface area (TPSA) is 94.9 Å². The number of benzene rings is 1. The van der Waals surface area contributed by atoms with E-state index in [1.54, 1.807) is 18.3 Å². The molecule has 10 heteroatoms. The van der Waals surface area contributed by atoms with Crippen LogP contribution in [0.3, 0.4) is 0 Å². The van der Waals surface area contributed by atoms with Gasteiger partial charge in [-0.3, -0.25) is 9.98 Å². The van der Waals surface area contributed by atoms with Crippen molar-refractivity contribution in [3.63, 3.8) is 0 Å². The van der Waals surface area contributed by atoms with Crippen LogP contribution >= 0.6 is 0 Å². The molecule has 0 spiro atoms. The van der Waals surface area contributed by atoms with Gasteiger partial charge in [-0.2, -0.15) is 9.97 Å². The molecule has 43 heavy (non-hydrogen) atoms. The predicted octanol–water partition coefficient (Wildman–Crippen LogP) is 6.91. The Morgan fingerprint density at radius 2 is 1.91 bits per heavy atom. The second kappa shape index (κ2) is 12.5. The molecule has 1 atom stereocenters. The van der Waals surface area contributed by atoms with E-state index >= 15 is 4.39 Å². The van der Waals surface area contributed by atoms with Crippen LogP contribution in [-0.4, -0.2) is 64.6 Å². The number of H-pyrrole nitrogens is 1. The second-order valence-corrected chi connectivity index (χ2v) is 11.5. The Morgan fingerprint density at radius 1 is 1.12 bits per heavy atom. The fourth-order valence-corrected chi connectivity index (χ4v) is 5.58. The number of aliphatic imine (C=N–C) groups is 2. The van der Waals surface area contributed by atoms with E-state index in [2.05, 4.69) is 49.7 Å². The van der Waals surface area contributed by atoms with Crippen molar-refractivity contribution < 1.29 is 9.13 Å². The molecule has 0 bridgehead atoms. The Labute approximate surface area is 252 Å². The van der Waals surface area contributed by atoms with Gasteiger partial charge < -0.3 is 19.5 Å². The van der Waals surface area contributed by atoms with Gasteiger partial charge >= 0.3 is 6.01 Å². The van der Waals surface area contributed by atoms with Crippen LogP contribution < -0.4 is 14.5 Å². The first-order chi connectivity index (χ1) is 20.9. The summed E-state index contributed by atoms with van der Waals surface area (Å²) in [5.74, 6) is 1.68. The number of hydrogen-bond acceptors (Lipinski definition) is 8. The van der Waals surface area contributed by atoms with Crippen LogP contribution in [0, 0.1) is 24.6 Å². The molecule has 4 aromatic rings. The molecule has 224 valence electrons. The molecule has 9 nitrogen and oxygen atoms in total. The fraction of sp³-hybridized carbons (Fsp3) is 0.424. The first kappa shape index (κ1) is 28.8. The molecule has 4 heterocycles. The Balaban J connectivity index is 1.33. The molecule has 0 amide bonds. The Bertz CT molecular complexity index is 1640. The lowest BCUT2D eigenvalue weighted by Gasteiger charge is -2.36. The highest BCUT2D eigenvalue weighted by atomic mass is 19.1. The molecule has 2 fully saturated rings. The van der Waals surface area contributed by atoms with Gasteiger partial charge in [0.05, 0.1) is 11.9 Å². The van der Waals surface area contributed by atoms with Gasteiger partial charge in [-0.1, -0.05) is 13.8 Å². The molecular weight excluding hydrogens is 543 g/mol. The second-order valence-electron chi connectivity index (χ2n) is 11.5. The smallest absolute Gasteiger partial charge is 0.326 e. The minimum absolute atomic E-state index is 0.0755. The maximum absolute atomic E-state index is 15.5. The zero-order valence-electron chi connectivity index (χ0n) is 25.3. The van der Waals surface area contributed by atoms with Crippen LogP contribution in [0.4, 0.5) is 21.7 Å². The van der Waals surface area contributed by atoms with Gasteiger partial charge in [0.25, 0.3) is 0 Å². The average molecular weight is 583 g/mol. The van der Waals surface area contributed by atoms with E-state index in [9.17, 15) is 0 Å². The van der Waals surface area contributed by atoms with Gasteiger partial charge in [0.1, 0.15) is 5.82 Å². The van der Waals surface area contributed by atoms with E-state index in [-0.39, 0.29) is 17.7 Å². The highest BCUT2D eigenvalue weighted by Gasteiger charge is 2.29. The number of piperazine rings is 1. The zero-order chi connectivity index (χ0) is 29.9. The molecule has 1 saturated carbocycles. The minimum atomic E-state index is -0.445. The van der Waals surface area contributed by atoms with Gasteiger partial charge in [0.15, 0.2) is 17.4 Å². The summed E-state index contributed by atoms with van der Waals surface area (Å²) in [6.45, 7) is 9.41. The SMILES string of the molecule is CCC(C)C(CC(=NC)C1CC1)=Nc1cc(N2CCN(c3cccnc3)CC2)nc(Oc2ccc3[nH]c(C)cc3c2F)n1. The standard InChI is InChI=1S/C33H39FN8O/c1-5-21(2)27(18-28(35-4)23-8-9-23)38-30-19-31(42-15-13-41(14-16-42)24-7-6-12-36-20-24)40-33(39-30)43-29-11-10-26-25(32(29)34)17-22(3)37-26/h6-7,10-12,17,19-21,23,37H,5,8-9,13-16,18H2,1-4H3. The lowest BCUT2D eigenvalue weighted by molar-refractivity contribution is 0.414. The van der Waals surface area contributed by atoms with Crippen molar-refractivity contribution >= 4 is 39.6 Å². The molecule has 1 aliphatic heterocycles. The lowest BCUT2D eigenvalue weighted by Crippen LogP contribution is -2.46. The number of aryl methyl sites for hydroxylation is 1. The van der Waals surface area contributed by atoms with Crippen LogP contribution in [0.25, 0.3) is 10.9 Å². The van der Waals surface area contributed by atoms with Crippen molar-refractivity contribution in [1.82, 2.24) is 19.9 Å². The zero-order valence-corrected chi connectivity index (χ0v) is 25.3. The first-order valence-corrected chi connectivity index (χ1v) is 15.2. The third kappa shape index (κ3) is 6.53. The Kier molecular flexibility index (Phi) is 8.35. The number of nitrogens with one attached hydrogen (secondary N) is 1. The fourth-order valence-electron chi connectivity index (χ4n) is 5.58. The van der Waals surface area contributed by atoms with E-state index in [0.29, 0.717) is 22.9 Å². The molecule has 6 rings (SSSR count). The predicted molar refractivity (Wildman–Crippen MR) is 171 cm³/mol. The van der Waals surface area contributed by atoms with E-state index in [1.165, 1.54) is 18.6 Å². The summed E-state index contributed by atoms with van der Waals surface area (Å²) < 4.78 is 21.6. The molecule has 1 N–H and O–H groups in total. The monoisotopic (exact) mass is 582 g/mol. The minimum Gasteiger partial charge on any atom is -0.421 e. The quantitative estimate of drug-likeness (QED) is 0.204. The number of nitrogens with zero attached hydrogens (tertiary/aromatic N) is 7. The number of ether oxygens (including phenoxy) is 1. The first-order valence-electron chi connectivity index (χ1n) is 15.2. The molecule has 1 aliphatic carbocycles. The number of hydrogen-bond donors (Lipinski definition) is 1. The summed E-state index contributed by atoms with van der Waals surface area (Å²) in [7, 11) is 1.87. The van der Waals surface area contributed by atoms with Gasteiger partial charge in [-0.25, -0.2) is 9.38 Å². The number of anilines is 2. The molecule has 1 saturated heterocycles. The van der Waals surface area contributed by atoms with Crippen molar-refractivity contribution in [3.8, 4) is 11.8 Å². The number of rotatable bonds is 10. The summed E-state index contributed by atoms with van der Waals surface area (Å²) in [5, 5.41) is 0.474. The van der Waals surface area contributed by atoms with Crippen molar-refractivity contribution in [2.75, 3.05) is 43.0 Å². The summed E-state index contributed by atoms with van der Waals surface area (Å²) in [5.41, 5.74) is 4.95. The lowest BCUT2D eigenvalue weighted by atomic mass is 9.96. The molecular formula is C33H39FN8O. The van der Waals surface area contributed by atoms with E-state index < -0.39 is 5.82 Å². The summed E-state index contributed by atoms with van der Waals surface area (Å²) in [6, 6.07) is 11.2. The molecule has 3 aromatic heterocycles. The molecule has 1 unspecified atom stereocenters. The van der Waals surface area contributed by atoms with E-state index in [4.69, 9.17) is 14.7 Å². The van der Waals surface area contributed by atoms with Crippen molar-refractivity contribution in [1.29, 1.82) is 0 Å². The van der Waals surface area contributed by atoms with Crippen LogP contribution in [0.2, 0.25) is 0 Å². The van der Waals surface area contributed by atoms with Gasteiger partial charge in [0, 0.05) is 79.9 Å². The average Bonchev–Trinajstić information content (AvgIpc) is 3.81. The van der Waals surface area contributed by atoms with E-state index in [1.807, 2.05) is 38.4 Å². The van der Waals surface area contributed by atoms with Crippen molar-refractivity contribution in [2.45, 2.75) is 46.5 Å². The summed E-state index contributed by atoms with van der Waals surface area (Å²) in [6.07, 6.45) is 7.75. The van der Waals surface area contributed by atoms with Crippen LogP contribution in [0.5, 0.6) is 11.8 Å². The maximum Gasteiger partial charge on any atom is 0.326 e. The summed E-state index contributed by atoms with van der Waals surface area (Å²) in [4.78, 5) is 31.1. The number of aromatic nitrogens is 4. The van der Waals surface area contributed by atoms with Crippen LogP contribution in [-0.2, 0) is 0 Å². The Morgan fingerprint density at radius 3 is 2.60 bits per heavy atom. The number of aromatic amines is 1. The normalized spacial score (nSPS) is 17.0. The van der Waals surface area contributed by atoms with Crippen LogP contribution in [0.1, 0.15) is 45.2 Å². The van der Waals surface area contributed by atoms with E-state index in [0.717, 1.165) is 61.6 Å². The number of fused-ring (bicyclic) bond motifs is 1. The molecule has 0 radical (unpaired) electrons. The van der Waals surface area contributed by atoms with Crippen LogP contribution in [0.15, 0.2) is 58.8 Å². The number of pyridine rings is 1. The maximum atomic E-state index is 15.5. The number of halogens is 1.